The zero-order valence-electron chi connectivity index (χ0n) is 11.5. The fraction of sp³-hybridized carbons (Fsp3) is 0.250. The molecule has 0 heterocycles. The van der Waals surface area contributed by atoms with E-state index in [1.165, 1.54) is 16.0 Å². The fourth-order valence-electron chi connectivity index (χ4n) is 2.01. The molecule has 1 unspecified atom stereocenters. The van der Waals surface area contributed by atoms with Gasteiger partial charge < -0.3 is 0 Å². The highest BCUT2D eigenvalue weighted by Gasteiger charge is 2.10. The summed E-state index contributed by atoms with van der Waals surface area (Å²) < 4.78 is 1.10. The van der Waals surface area contributed by atoms with Gasteiger partial charge in [0.15, 0.2) is 0 Å². The SMILES string of the molecule is CCc1cccc(C(CSc2cccc(Br)c2)NN)c1. The summed E-state index contributed by atoms with van der Waals surface area (Å²) >= 11 is 5.30. The Bertz CT molecular complexity index is 560. The molecule has 0 bridgehead atoms. The minimum atomic E-state index is 0.158. The number of halogens is 1. The highest BCUT2D eigenvalue weighted by atomic mass is 79.9. The molecule has 0 aromatic heterocycles. The highest BCUT2D eigenvalue weighted by molar-refractivity contribution is 9.10. The molecule has 20 heavy (non-hydrogen) atoms. The van der Waals surface area contributed by atoms with E-state index in [-0.39, 0.29) is 6.04 Å². The minimum Gasteiger partial charge on any atom is -0.271 e. The van der Waals surface area contributed by atoms with Crippen molar-refractivity contribution >= 4 is 27.7 Å². The van der Waals surface area contributed by atoms with E-state index in [0.717, 1.165) is 16.6 Å². The van der Waals surface area contributed by atoms with E-state index >= 15 is 0 Å². The first-order valence-corrected chi connectivity index (χ1v) is 8.44. The van der Waals surface area contributed by atoms with Crippen LogP contribution < -0.4 is 11.3 Å². The molecule has 2 aromatic rings. The lowest BCUT2D eigenvalue weighted by Gasteiger charge is -2.17. The molecule has 0 spiro atoms. The van der Waals surface area contributed by atoms with Gasteiger partial charge in [-0.05, 0) is 35.7 Å². The van der Waals surface area contributed by atoms with Crippen LogP contribution >= 0.6 is 27.7 Å². The molecule has 0 aliphatic heterocycles. The molecule has 2 aromatic carbocycles. The number of hydrogen-bond acceptors (Lipinski definition) is 3. The molecule has 0 radical (unpaired) electrons. The van der Waals surface area contributed by atoms with Crippen molar-refractivity contribution in [1.82, 2.24) is 5.43 Å². The van der Waals surface area contributed by atoms with Crippen LogP contribution in [0.25, 0.3) is 0 Å². The Labute approximate surface area is 133 Å². The molecule has 0 aliphatic carbocycles. The van der Waals surface area contributed by atoms with Gasteiger partial charge in [-0.3, -0.25) is 11.3 Å². The number of thioether (sulfide) groups is 1. The Hall–Kier alpha value is -0.810. The van der Waals surface area contributed by atoms with Crippen molar-refractivity contribution < 1.29 is 0 Å². The highest BCUT2D eigenvalue weighted by Crippen LogP contribution is 2.26. The number of aryl methyl sites for hydroxylation is 1. The number of nitrogens with two attached hydrogens (primary N) is 1. The quantitative estimate of drug-likeness (QED) is 0.463. The number of hydrazine groups is 1. The molecular weight excluding hydrogens is 332 g/mol. The van der Waals surface area contributed by atoms with Gasteiger partial charge >= 0.3 is 0 Å². The van der Waals surface area contributed by atoms with Crippen LogP contribution in [0.5, 0.6) is 0 Å². The fourth-order valence-corrected chi connectivity index (χ4v) is 3.59. The standard InChI is InChI=1S/C16H19BrN2S/c1-2-12-5-3-6-13(9-12)16(19-18)11-20-15-8-4-7-14(17)10-15/h3-10,16,19H,2,11,18H2,1H3. The molecule has 0 fully saturated rings. The van der Waals surface area contributed by atoms with Crippen LogP contribution in [0.2, 0.25) is 0 Å². The average Bonchev–Trinajstić information content (AvgIpc) is 2.48. The zero-order valence-corrected chi connectivity index (χ0v) is 13.9. The van der Waals surface area contributed by atoms with Crippen LogP contribution in [-0.2, 0) is 6.42 Å². The number of hydrogen-bond donors (Lipinski definition) is 2. The Morgan fingerprint density at radius 1 is 1.20 bits per heavy atom. The molecule has 0 saturated heterocycles. The van der Waals surface area contributed by atoms with Gasteiger partial charge in [-0.15, -0.1) is 11.8 Å². The van der Waals surface area contributed by atoms with E-state index in [4.69, 9.17) is 5.84 Å². The summed E-state index contributed by atoms with van der Waals surface area (Å²) in [6, 6.07) is 17.1. The summed E-state index contributed by atoms with van der Waals surface area (Å²) in [5.41, 5.74) is 5.51. The second-order valence-corrected chi connectivity index (χ2v) is 6.60. The molecule has 0 amide bonds. The van der Waals surface area contributed by atoms with Gasteiger partial charge in [0.25, 0.3) is 0 Å². The Morgan fingerprint density at radius 3 is 2.70 bits per heavy atom. The maximum Gasteiger partial charge on any atom is 0.0554 e. The third-order valence-corrected chi connectivity index (χ3v) is 4.76. The van der Waals surface area contributed by atoms with E-state index in [9.17, 15) is 0 Å². The molecule has 4 heteroatoms. The Balaban J connectivity index is 2.05. The van der Waals surface area contributed by atoms with Gasteiger partial charge in [0.1, 0.15) is 0 Å². The third kappa shape index (κ3) is 4.35. The van der Waals surface area contributed by atoms with Gasteiger partial charge in [0.2, 0.25) is 0 Å². The Morgan fingerprint density at radius 2 is 2.00 bits per heavy atom. The third-order valence-electron chi connectivity index (χ3n) is 3.18. The number of benzene rings is 2. The van der Waals surface area contributed by atoms with E-state index in [0.29, 0.717) is 0 Å². The largest absolute Gasteiger partial charge is 0.271 e. The van der Waals surface area contributed by atoms with E-state index in [1.807, 2.05) is 6.07 Å². The average molecular weight is 351 g/mol. The van der Waals surface area contributed by atoms with Crippen molar-refractivity contribution in [2.75, 3.05) is 5.75 Å². The molecule has 0 saturated carbocycles. The second-order valence-electron chi connectivity index (χ2n) is 4.59. The molecule has 106 valence electrons. The van der Waals surface area contributed by atoms with Crippen LogP contribution in [0.1, 0.15) is 24.1 Å². The van der Waals surface area contributed by atoms with Crippen molar-refractivity contribution in [2.45, 2.75) is 24.3 Å². The summed E-state index contributed by atoms with van der Waals surface area (Å²) in [6.45, 7) is 2.17. The first-order chi connectivity index (χ1) is 9.72. The minimum absolute atomic E-state index is 0.158. The Kier molecular flexibility index (Phi) is 6.10. The van der Waals surface area contributed by atoms with Crippen molar-refractivity contribution in [3.8, 4) is 0 Å². The summed E-state index contributed by atoms with van der Waals surface area (Å²) in [7, 11) is 0. The number of rotatable bonds is 6. The van der Waals surface area contributed by atoms with Crippen molar-refractivity contribution in [3.63, 3.8) is 0 Å². The molecule has 2 rings (SSSR count). The number of nitrogens with one attached hydrogen (secondary N) is 1. The second kappa shape index (κ2) is 7.84. The van der Waals surface area contributed by atoms with Crippen molar-refractivity contribution in [1.29, 1.82) is 0 Å². The maximum atomic E-state index is 5.72. The molecule has 0 aliphatic rings. The monoisotopic (exact) mass is 350 g/mol. The first kappa shape index (κ1) is 15.6. The van der Waals surface area contributed by atoms with Crippen molar-refractivity contribution in [3.05, 3.63) is 64.1 Å². The lowest BCUT2D eigenvalue weighted by atomic mass is 10.0. The van der Waals surface area contributed by atoms with E-state index in [1.54, 1.807) is 11.8 Å². The lowest BCUT2D eigenvalue weighted by molar-refractivity contribution is 0.610. The molecular formula is C16H19BrN2S. The van der Waals surface area contributed by atoms with Gasteiger partial charge in [-0.25, -0.2) is 0 Å². The van der Waals surface area contributed by atoms with Crippen molar-refractivity contribution in [2.24, 2.45) is 5.84 Å². The van der Waals surface area contributed by atoms with Gasteiger partial charge in [0, 0.05) is 15.1 Å². The first-order valence-electron chi connectivity index (χ1n) is 6.66. The van der Waals surface area contributed by atoms with Gasteiger partial charge in [0.05, 0.1) is 6.04 Å². The van der Waals surface area contributed by atoms with E-state index < -0.39 is 0 Å². The van der Waals surface area contributed by atoms with Gasteiger partial charge in [-0.2, -0.15) is 0 Å². The predicted octanol–water partition coefficient (Wildman–Crippen LogP) is 4.31. The van der Waals surface area contributed by atoms with Crippen LogP contribution in [-0.4, -0.2) is 5.75 Å². The van der Waals surface area contributed by atoms with Crippen LogP contribution in [0, 0.1) is 0 Å². The zero-order chi connectivity index (χ0) is 14.4. The topological polar surface area (TPSA) is 38.0 Å². The van der Waals surface area contributed by atoms with E-state index in [2.05, 4.69) is 70.7 Å². The van der Waals surface area contributed by atoms with Crippen LogP contribution in [0.3, 0.4) is 0 Å². The maximum absolute atomic E-state index is 5.72. The molecule has 2 nitrogen and oxygen atoms in total. The van der Waals surface area contributed by atoms with Crippen LogP contribution in [0.15, 0.2) is 57.9 Å². The molecule has 3 N–H and O–H groups in total. The smallest absolute Gasteiger partial charge is 0.0554 e. The van der Waals surface area contributed by atoms with Crippen LogP contribution in [0.4, 0.5) is 0 Å². The normalized spacial score (nSPS) is 12.3. The predicted molar refractivity (Wildman–Crippen MR) is 90.8 cm³/mol. The summed E-state index contributed by atoms with van der Waals surface area (Å²) in [5.74, 6) is 6.62. The molecule has 1 atom stereocenters. The lowest BCUT2D eigenvalue weighted by Crippen LogP contribution is -2.29. The summed E-state index contributed by atoms with van der Waals surface area (Å²) in [4.78, 5) is 1.24. The van der Waals surface area contributed by atoms with Gasteiger partial charge in [-0.1, -0.05) is 53.2 Å². The summed E-state index contributed by atoms with van der Waals surface area (Å²) in [5, 5.41) is 0. The summed E-state index contributed by atoms with van der Waals surface area (Å²) in [6.07, 6.45) is 1.05.